The molecule has 102 valence electrons. The lowest BCUT2D eigenvalue weighted by atomic mass is 10.2. The molecule has 2 aromatic rings. The quantitative estimate of drug-likeness (QED) is 0.878. The SMILES string of the molecule is CCc1nc2nc(CN[C@@H]3CCC[C@H]3O)ccc2o1. The van der Waals surface area contributed by atoms with E-state index in [0.717, 1.165) is 42.9 Å². The normalized spacial score (nSPS) is 23.3. The van der Waals surface area contributed by atoms with E-state index >= 15 is 0 Å². The second kappa shape index (κ2) is 5.27. The molecule has 3 rings (SSSR count). The minimum absolute atomic E-state index is 0.195. The van der Waals surface area contributed by atoms with Gasteiger partial charge in [0.25, 0.3) is 0 Å². The van der Waals surface area contributed by atoms with Crippen LogP contribution in [-0.2, 0) is 13.0 Å². The molecule has 2 N–H and O–H groups in total. The van der Waals surface area contributed by atoms with Crippen LogP contribution in [0.5, 0.6) is 0 Å². The zero-order chi connectivity index (χ0) is 13.2. The summed E-state index contributed by atoms with van der Waals surface area (Å²) >= 11 is 0. The van der Waals surface area contributed by atoms with Gasteiger partial charge in [0.15, 0.2) is 17.1 Å². The molecule has 0 spiro atoms. The average Bonchev–Trinajstić information content (AvgIpc) is 3.01. The lowest BCUT2D eigenvalue weighted by Crippen LogP contribution is -2.35. The Morgan fingerprint density at radius 1 is 1.37 bits per heavy atom. The average molecular weight is 261 g/mol. The summed E-state index contributed by atoms with van der Waals surface area (Å²) in [7, 11) is 0. The van der Waals surface area contributed by atoms with Gasteiger partial charge in [-0.15, -0.1) is 0 Å². The van der Waals surface area contributed by atoms with Gasteiger partial charge in [-0.2, -0.15) is 4.98 Å². The minimum atomic E-state index is -0.220. The molecule has 2 atom stereocenters. The summed E-state index contributed by atoms with van der Waals surface area (Å²) in [5.41, 5.74) is 2.34. The third-order valence-corrected chi connectivity index (χ3v) is 3.68. The van der Waals surface area contributed by atoms with Crippen molar-refractivity contribution in [3.63, 3.8) is 0 Å². The summed E-state index contributed by atoms with van der Waals surface area (Å²) < 4.78 is 5.53. The molecule has 0 aromatic carbocycles. The number of aliphatic hydroxyl groups is 1. The van der Waals surface area contributed by atoms with Crippen LogP contribution < -0.4 is 5.32 Å². The highest BCUT2D eigenvalue weighted by molar-refractivity contribution is 5.67. The molecule has 1 aliphatic carbocycles. The molecule has 2 heterocycles. The monoisotopic (exact) mass is 261 g/mol. The van der Waals surface area contributed by atoms with Crippen molar-refractivity contribution in [2.75, 3.05) is 0 Å². The van der Waals surface area contributed by atoms with Crippen molar-refractivity contribution >= 4 is 11.2 Å². The first kappa shape index (κ1) is 12.6. The molecule has 1 aliphatic rings. The largest absolute Gasteiger partial charge is 0.439 e. The van der Waals surface area contributed by atoms with E-state index in [0.29, 0.717) is 12.2 Å². The highest BCUT2D eigenvalue weighted by Crippen LogP contribution is 2.19. The Balaban J connectivity index is 1.70. The molecule has 0 unspecified atom stereocenters. The van der Waals surface area contributed by atoms with Gasteiger partial charge in [-0.25, -0.2) is 4.98 Å². The van der Waals surface area contributed by atoms with Crippen molar-refractivity contribution in [3.05, 3.63) is 23.7 Å². The zero-order valence-electron chi connectivity index (χ0n) is 11.1. The standard InChI is InChI=1S/C14H19N3O2/c1-2-13-17-14-12(19-13)7-6-9(16-14)8-15-10-4-3-5-11(10)18/h6-7,10-11,15,18H,2-5,8H2,1H3/t10-,11-/m1/s1. The van der Waals surface area contributed by atoms with E-state index in [1.54, 1.807) is 0 Å². The van der Waals surface area contributed by atoms with Crippen LogP contribution in [0.3, 0.4) is 0 Å². The molecular formula is C14H19N3O2. The van der Waals surface area contributed by atoms with Crippen LogP contribution in [0, 0.1) is 0 Å². The molecule has 2 aromatic heterocycles. The summed E-state index contributed by atoms with van der Waals surface area (Å²) in [5, 5.41) is 13.1. The van der Waals surface area contributed by atoms with Crippen molar-refractivity contribution in [1.29, 1.82) is 0 Å². The molecule has 5 heteroatoms. The van der Waals surface area contributed by atoms with Crippen molar-refractivity contribution < 1.29 is 9.52 Å². The molecule has 1 fully saturated rings. The lowest BCUT2D eigenvalue weighted by molar-refractivity contribution is 0.148. The maximum Gasteiger partial charge on any atom is 0.199 e. The van der Waals surface area contributed by atoms with Crippen molar-refractivity contribution in [3.8, 4) is 0 Å². The molecule has 19 heavy (non-hydrogen) atoms. The lowest BCUT2D eigenvalue weighted by Gasteiger charge is -2.15. The summed E-state index contributed by atoms with van der Waals surface area (Å²) in [6, 6.07) is 4.05. The van der Waals surface area contributed by atoms with Crippen LogP contribution in [0.1, 0.15) is 37.8 Å². The van der Waals surface area contributed by atoms with E-state index in [-0.39, 0.29) is 12.1 Å². The highest BCUT2D eigenvalue weighted by atomic mass is 16.3. The van der Waals surface area contributed by atoms with Crippen molar-refractivity contribution in [2.24, 2.45) is 0 Å². The van der Waals surface area contributed by atoms with Gasteiger partial charge in [-0.1, -0.05) is 6.92 Å². The van der Waals surface area contributed by atoms with E-state index in [9.17, 15) is 5.11 Å². The highest BCUT2D eigenvalue weighted by Gasteiger charge is 2.24. The Labute approximate surface area is 112 Å². The summed E-state index contributed by atoms with van der Waals surface area (Å²) in [6.07, 6.45) is 3.58. The van der Waals surface area contributed by atoms with E-state index in [4.69, 9.17) is 4.42 Å². The van der Waals surface area contributed by atoms with E-state index in [1.165, 1.54) is 0 Å². The van der Waals surface area contributed by atoms with Gasteiger partial charge in [0, 0.05) is 19.0 Å². The first-order chi connectivity index (χ1) is 9.26. The molecule has 5 nitrogen and oxygen atoms in total. The van der Waals surface area contributed by atoms with Crippen LogP contribution in [0.25, 0.3) is 11.2 Å². The molecular weight excluding hydrogens is 242 g/mol. The Hall–Kier alpha value is -1.46. The van der Waals surface area contributed by atoms with Gasteiger partial charge in [0.1, 0.15) is 0 Å². The summed E-state index contributed by atoms with van der Waals surface area (Å²) in [5.74, 6) is 0.721. The Morgan fingerprint density at radius 3 is 3.00 bits per heavy atom. The second-order valence-corrected chi connectivity index (χ2v) is 5.07. The van der Waals surface area contributed by atoms with Crippen LogP contribution in [-0.4, -0.2) is 27.2 Å². The number of aryl methyl sites for hydroxylation is 1. The Kier molecular flexibility index (Phi) is 3.48. The van der Waals surface area contributed by atoms with E-state index in [2.05, 4.69) is 15.3 Å². The number of nitrogens with one attached hydrogen (secondary N) is 1. The number of hydrogen-bond acceptors (Lipinski definition) is 5. The minimum Gasteiger partial charge on any atom is -0.439 e. The maximum absolute atomic E-state index is 9.76. The van der Waals surface area contributed by atoms with Crippen molar-refractivity contribution in [1.82, 2.24) is 15.3 Å². The third-order valence-electron chi connectivity index (χ3n) is 3.68. The second-order valence-electron chi connectivity index (χ2n) is 5.07. The fraction of sp³-hybridized carbons (Fsp3) is 0.571. The topological polar surface area (TPSA) is 71.2 Å². The molecule has 0 radical (unpaired) electrons. The fourth-order valence-corrected chi connectivity index (χ4v) is 2.57. The number of pyridine rings is 1. The number of nitrogens with zero attached hydrogens (tertiary/aromatic N) is 2. The van der Waals surface area contributed by atoms with Gasteiger partial charge in [-0.3, -0.25) is 0 Å². The first-order valence-corrected chi connectivity index (χ1v) is 6.93. The van der Waals surface area contributed by atoms with E-state index in [1.807, 2.05) is 19.1 Å². The number of hydrogen-bond donors (Lipinski definition) is 2. The number of rotatable bonds is 4. The maximum atomic E-state index is 9.76. The van der Waals surface area contributed by atoms with E-state index < -0.39 is 0 Å². The zero-order valence-corrected chi connectivity index (χ0v) is 11.1. The predicted molar refractivity (Wildman–Crippen MR) is 71.7 cm³/mol. The third kappa shape index (κ3) is 2.62. The summed E-state index contributed by atoms with van der Waals surface area (Å²) in [6.45, 7) is 2.67. The Bertz CT molecular complexity index is 567. The number of aliphatic hydroxyl groups excluding tert-OH is 1. The molecule has 0 amide bonds. The molecule has 0 saturated heterocycles. The number of aromatic nitrogens is 2. The summed E-state index contributed by atoms with van der Waals surface area (Å²) in [4.78, 5) is 8.81. The van der Waals surface area contributed by atoms with Crippen molar-refractivity contribution in [2.45, 2.75) is 51.3 Å². The van der Waals surface area contributed by atoms with Gasteiger partial charge < -0.3 is 14.8 Å². The smallest absolute Gasteiger partial charge is 0.199 e. The molecule has 0 bridgehead atoms. The van der Waals surface area contributed by atoms with Crippen LogP contribution >= 0.6 is 0 Å². The van der Waals surface area contributed by atoms with Crippen LogP contribution in [0.4, 0.5) is 0 Å². The van der Waals surface area contributed by atoms with Gasteiger partial charge >= 0.3 is 0 Å². The molecule has 1 saturated carbocycles. The number of fused-ring (bicyclic) bond motifs is 1. The van der Waals surface area contributed by atoms with Gasteiger partial charge in [0.05, 0.1) is 11.8 Å². The van der Waals surface area contributed by atoms with Gasteiger partial charge in [-0.05, 0) is 31.4 Å². The fourth-order valence-electron chi connectivity index (χ4n) is 2.57. The van der Waals surface area contributed by atoms with Gasteiger partial charge in [0.2, 0.25) is 0 Å². The number of oxazole rings is 1. The predicted octanol–water partition coefficient (Wildman–Crippen LogP) is 1.79. The van der Waals surface area contributed by atoms with Crippen LogP contribution in [0.15, 0.2) is 16.5 Å². The first-order valence-electron chi connectivity index (χ1n) is 6.93. The molecule has 0 aliphatic heterocycles. The Morgan fingerprint density at radius 2 is 2.26 bits per heavy atom. The van der Waals surface area contributed by atoms with Crippen LogP contribution in [0.2, 0.25) is 0 Å².